The van der Waals surface area contributed by atoms with Crippen LogP contribution in [0.15, 0.2) is 72.8 Å². The van der Waals surface area contributed by atoms with Gasteiger partial charge in [-0.1, -0.05) is 18.2 Å². The van der Waals surface area contributed by atoms with Crippen molar-refractivity contribution >= 4 is 5.91 Å². The van der Waals surface area contributed by atoms with E-state index < -0.39 is 0 Å². The fraction of sp³-hybridized carbons (Fsp3) is 0.192. The number of aryl methyl sites for hydroxylation is 2. The van der Waals surface area contributed by atoms with Gasteiger partial charge >= 0.3 is 0 Å². The quantitative estimate of drug-likeness (QED) is 0.430. The second kappa shape index (κ2) is 10.1. The van der Waals surface area contributed by atoms with Crippen molar-refractivity contribution in [3.8, 4) is 22.7 Å². The first-order chi connectivity index (χ1) is 16.0. The SMILES string of the molecule is COc1ccc(-n2nc(CCC(=O)NCc3cccc(C)n3)cc2-c2cccc(F)c2)cc1. The highest BCUT2D eigenvalue weighted by Crippen LogP contribution is 2.26. The van der Waals surface area contributed by atoms with Gasteiger partial charge in [0.2, 0.25) is 5.91 Å². The van der Waals surface area contributed by atoms with E-state index in [0.29, 0.717) is 18.5 Å². The van der Waals surface area contributed by atoms with Crippen molar-refractivity contribution in [2.75, 3.05) is 7.11 Å². The molecule has 7 heteroatoms. The average molecular weight is 445 g/mol. The molecule has 0 bridgehead atoms. The van der Waals surface area contributed by atoms with Crippen molar-refractivity contribution in [1.82, 2.24) is 20.1 Å². The molecule has 0 unspecified atom stereocenters. The highest BCUT2D eigenvalue weighted by atomic mass is 19.1. The number of benzene rings is 2. The van der Waals surface area contributed by atoms with E-state index in [1.165, 1.54) is 12.1 Å². The van der Waals surface area contributed by atoms with Gasteiger partial charge in [-0.15, -0.1) is 0 Å². The summed E-state index contributed by atoms with van der Waals surface area (Å²) in [6.07, 6.45) is 0.743. The van der Waals surface area contributed by atoms with Crippen LogP contribution in [0.5, 0.6) is 5.75 Å². The van der Waals surface area contributed by atoms with Crippen molar-refractivity contribution in [1.29, 1.82) is 0 Å². The zero-order valence-electron chi connectivity index (χ0n) is 18.6. The number of amides is 1. The fourth-order valence-corrected chi connectivity index (χ4v) is 3.54. The molecule has 0 saturated heterocycles. The van der Waals surface area contributed by atoms with E-state index in [-0.39, 0.29) is 18.1 Å². The minimum atomic E-state index is -0.319. The summed E-state index contributed by atoms with van der Waals surface area (Å²) in [5, 5.41) is 7.61. The summed E-state index contributed by atoms with van der Waals surface area (Å²) in [4.78, 5) is 16.8. The number of nitrogens with one attached hydrogen (secondary N) is 1. The maximum atomic E-state index is 13.9. The summed E-state index contributed by atoms with van der Waals surface area (Å²) in [6, 6.07) is 21.5. The summed E-state index contributed by atoms with van der Waals surface area (Å²) in [5.41, 5.74) is 4.75. The van der Waals surface area contributed by atoms with Crippen LogP contribution in [0.3, 0.4) is 0 Å². The van der Waals surface area contributed by atoms with Crippen molar-refractivity contribution in [2.45, 2.75) is 26.3 Å². The van der Waals surface area contributed by atoms with E-state index in [4.69, 9.17) is 9.84 Å². The van der Waals surface area contributed by atoms with Crippen LogP contribution in [-0.2, 0) is 17.8 Å². The zero-order valence-corrected chi connectivity index (χ0v) is 18.6. The molecule has 1 amide bonds. The molecule has 168 valence electrons. The number of hydrogen-bond acceptors (Lipinski definition) is 4. The molecule has 2 heterocycles. The molecule has 2 aromatic heterocycles. The van der Waals surface area contributed by atoms with Crippen LogP contribution in [0.25, 0.3) is 16.9 Å². The Morgan fingerprint density at radius 3 is 2.55 bits per heavy atom. The van der Waals surface area contributed by atoms with E-state index in [2.05, 4.69) is 10.3 Å². The molecule has 0 aliphatic rings. The van der Waals surface area contributed by atoms with Crippen molar-refractivity contribution < 1.29 is 13.9 Å². The monoisotopic (exact) mass is 444 g/mol. The number of nitrogens with zero attached hydrogens (tertiary/aromatic N) is 3. The van der Waals surface area contributed by atoms with Gasteiger partial charge in [0.1, 0.15) is 11.6 Å². The van der Waals surface area contributed by atoms with Crippen LogP contribution in [0.2, 0.25) is 0 Å². The standard InChI is InChI=1S/C26H25FN4O2/c1-18-5-3-8-22(29-18)17-28-26(32)14-9-21-16-25(19-6-4-7-20(27)15-19)31(30-21)23-10-12-24(33-2)13-11-23/h3-8,10-13,15-16H,9,14,17H2,1-2H3,(H,28,32). The highest BCUT2D eigenvalue weighted by Gasteiger charge is 2.14. The number of carbonyl (C=O) groups is 1. The number of aromatic nitrogens is 3. The van der Waals surface area contributed by atoms with Gasteiger partial charge in [0.15, 0.2) is 0 Å². The molecule has 1 N–H and O–H groups in total. The van der Waals surface area contributed by atoms with Gasteiger partial charge in [0.05, 0.1) is 36.4 Å². The largest absolute Gasteiger partial charge is 0.497 e. The fourth-order valence-electron chi connectivity index (χ4n) is 3.54. The van der Waals surface area contributed by atoms with Crippen LogP contribution >= 0.6 is 0 Å². The molecule has 0 saturated carbocycles. The van der Waals surface area contributed by atoms with Gasteiger partial charge in [-0.3, -0.25) is 9.78 Å². The predicted molar refractivity (Wildman–Crippen MR) is 125 cm³/mol. The molecular weight excluding hydrogens is 419 g/mol. The van der Waals surface area contributed by atoms with Crippen LogP contribution < -0.4 is 10.1 Å². The van der Waals surface area contributed by atoms with Gasteiger partial charge in [0, 0.05) is 24.1 Å². The number of halogens is 1. The Balaban J connectivity index is 1.51. The van der Waals surface area contributed by atoms with Crippen molar-refractivity contribution in [2.24, 2.45) is 0 Å². The van der Waals surface area contributed by atoms with Crippen molar-refractivity contribution in [3.05, 3.63) is 95.7 Å². The maximum Gasteiger partial charge on any atom is 0.220 e. The van der Waals surface area contributed by atoms with Crippen LogP contribution in [0.4, 0.5) is 4.39 Å². The third-order valence-corrected chi connectivity index (χ3v) is 5.22. The third-order valence-electron chi connectivity index (χ3n) is 5.22. The van der Waals surface area contributed by atoms with Gasteiger partial charge in [-0.2, -0.15) is 5.10 Å². The Morgan fingerprint density at radius 2 is 1.82 bits per heavy atom. The van der Waals surface area contributed by atoms with Crippen LogP contribution in [0.1, 0.15) is 23.5 Å². The zero-order chi connectivity index (χ0) is 23.2. The van der Waals surface area contributed by atoms with Gasteiger partial charge in [-0.05, 0) is 61.5 Å². The molecule has 0 fully saturated rings. The third kappa shape index (κ3) is 5.63. The Bertz CT molecular complexity index is 1250. The molecule has 2 aromatic carbocycles. The molecule has 4 aromatic rings. The minimum absolute atomic E-state index is 0.0791. The lowest BCUT2D eigenvalue weighted by molar-refractivity contribution is -0.121. The summed E-state index contributed by atoms with van der Waals surface area (Å²) in [5.74, 6) is 0.337. The second-order valence-electron chi connectivity index (χ2n) is 7.69. The maximum absolute atomic E-state index is 13.9. The summed E-state index contributed by atoms with van der Waals surface area (Å²) in [6.45, 7) is 2.30. The van der Waals surface area contributed by atoms with E-state index in [0.717, 1.165) is 34.2 Å². The van der Waals surface area contributed by atoms with Gasteiger partial charge in [-0.25, -0.2) is 9.07 Å². The Kier molecular flexibility index (Phi) is 6.78. The lowest BCUT2D eigenvalue weighted by Crippen LogP contribution is -2.23. The molecule has 4 rings (SSSR count). The molecule has 0 aliphatic carbocycles. The van der Waals surface area contributed by atoms with E-state index in [9.17, 15) is 9.18 Å². The lowest BCUT2D eigenvalue weighted by Gasteiger charge is -2.08. The lowest BCUT2D eigenvalue weighted by atomic mass is 10.1. The van der Waals surface area contributed by atoms with E-state index in [1.54, 1.807) is 17.9 Å². The first-order valence-corrected chi connectivity index (χ1v) is 10.7. The summed E-state index contributed by atoms with van der Waals surface area (Å²) in [7, 11) is 1.61. The summed E-state index contributed by atoms with van der Waals surface area (Å²) >= 11 is 0. The Labute approximate surface area is 192 Å². The summed E-state index contributed by atoms with van der Waals surface area (Å²) < 4.78 is 20.9. The molecular formula is C26H25FN4O2. The highest BCUT2D eigenvalue weighted by molar-refractivity contribution is 5.76. The Hall–Kier alpha value is -4.00. The van der Waals surface area contributed by atoms with Crippen molar-refractivity contribution in [3.63, 3.8) is 0 Å². The Morgan fingerprint density at radius 1 is 1.03 bits per heavy atom. The van der Waals surface area contributed by atoms with E-state index >= 15 is 0 Å². The number of pyridine rings is 1. The second-order valence-corrected chi connectivity index (χ2v) is 7.69. The molecule has 33 heavy (non-hydrogen) atoms. The molecule has 6 nitrogen and oxygen atoms in total. The molecule has 0 spiro atoms. The first kappa shape index (κ1) is 22.2. The van der Waals surface area contributed by atoms with E-state index in [1.807, 2.05) is 61.5 Å². The first-order valence-electron chi connectivity index (χ1n) is 10.7. The molecule has 0 radical (unpaired) electrons. The normalized spacial score (nSPS) is 10.8. The smallest absolute Gasteiger partial charge is 0.220 e. The topological polar surface area (TPSA) is 69.0 Å². The number of hydrogen-bond donors (Lipinski definition) is 1. The number of carbonyl (C=O) groups excluding carboxylic acids is 1. The molecule has 0 atom stereocenters. The van der Waals surface area contributed by atoms with Crippen LogP contribution in [-0.4, -0.2) is 27.8 Å². The number of rotatable bonds is 8. The average Bonchev–Trinajstić information content (AvgIpc) is 3.26. The number of methoxy groups -OCH3 is 1. The predicted octanol–water partition coefficient (Wildman–Crippen LogP) is 4.64. The number of ether oxygens (including phenoxy) is 1. The minimum Gasteiger partial charge on any atom is -0.497 e. The van der Waals surface area contributed by atoms with Gasteiger partial charge < -0.3 is 10.1 Å². The molecule has 0 aliphatic heterocycles. The van der Waals surface area contributed by atoms with Gasteiger partial charge in [0.25, 0.3) is 0 Å². The van der Waals surface area contributed by atoms with Crippen LogP contribution in [0, 0.1) is 12.7 Å².